The van der Waals surface area contributed by atoms with Crippen molar-refractivity contribution in [3.63, 3.8) is 0 Å². The number of rotatable bonds is 6. The van der Waals surface area contributed by atoms with Crippen molar-refractivity contribution in [3.05, 3.63) is 98.7 Å². The van der Waals surface area contributed by atoms with E-state index in [4.69, 9.17) is 34.8 Å². The molecule has 0 aliphatic carbocycles. The summed E-state index contributed by atoms with van der Waals surface area (Å²) in [4.78, 5) is 26.8. The van der Waals surface area contributed by atoms with Crippen molar-refractivity contribution in [1.29, 1.82) is 0 Å². The lowest BCUT2D eigenvalue weighted by Crippen LogP contribution is -2.39. The van der Waals surface area contributed by atoms with Crippen molar-refractivity contribution >= 4 is 52.3 Å². The van der Waals surface area contributed by atoms with Crippen molar-refractivity contribution in [2.24, 2.45) is 0 Å². The number of anilines is 1. The van der Waals surface area contributed by atoms with Gasteiger partial charge >= 0.3 is 0 Å². The summed E-state index contributed by atoms with van der Waals surface area (Å²) in [5.74, 6) is -1.13. The summed E-state index contributed by atoms with van der Waals surface area (Å²) in [6.07, 6.45) is 0. The first kappa shape index (κ1) is 22.1. The fourth-order valence-electron chi connectivity index (χ4n) is 2.76. The van der Waals surface area contributed by atoms with Gasteiger partial charge in [-0.2, -0.15) is 0 Å². The van der Waals surface area contributed by atoms with E-state index in [0.717, 1.165) is 0 Å². The monoisotopic (exact) mass is 464 g/mol. The third-order valence-corrected chi connectivity index (χ3v) is 5.07. The first-order valence-electron chi connectivity index (χ1n) is 8.91. The molecule has 154 valence electrons. The Balaban J connectivity index is 1.77. The maximum Gasteiger partial charge on any atom is 0.259 e. The fraction of sp³-hybridized carbons (Fsp3) is 0.0909. The van der Waals surface area contributed by atoms with E-state index in [1.54, 1.807) is 30.3 Å². The van der Waals surface area contributed by atoms with Crippen molar-refractivity contribution in [2.45, 2.75) is 0 Å². The number of carbonyl (C=O) groups is 2. The minimum atomic E-state index is -0.424. The van der Waals surface area contributed by atoms with Crippen LogP contribution in [-0.2, 0) is 0 Å². The van der Waals surface area contributed by atoms with Crippen molar-refractivity contribution in [2.75, 3.05) is 18.0 Å². The zero-order valence-electron chi connectivity index (χ0n) is 15.5. The van der Waals surface area contributed by atoms with Gasteiger partial charge in [0.15, 0.2) is 0 Å². The van der Waals surface area contributed by atoms with E-state index < -0.39 is 11.7 Å². The lowest BCUT2D eigenvalue weighted by Gasteiger charge is -2.24. The number of hydrogen-bond donors (Lipinski definition) is 1. The second-order valence-electron chi connectivity index (χ2n) is 6.32. The molecule has 8 heteroatoms. The van der Waals surface area contributed by atoms with Gasteiger partial charge in [0.2, 0.25) is 0 Å². The van der Waals surface area contributed by atoms with Gasteiger partial charge in [0.1, 0.15) is 5.82 Å². The molecular weight excluding hydrogens is 450 g/mol. The van der Waals surface area contributed by atoms with Gasteiger partial charge in [-0.25, -0.2) is 4.39 Å². The molecule has 4 nitrogen and oxygen atoms in total. The number of nitrogens with one attached hydrogen (secondary N) is 1. The van der Waals surface area contributed by atoms with Gasteiger partial charge in [-0.05, 0) is 66.7 Å². The van der Waals surface area contributed by atoms with Crippen molar-refractivity contribution < 1.29 is 14.0 Å². The summed E-state index contributed by atoms with van der Waals surface area (Å²) < 4.78 is 13.4. The summed E-state index contributed by atoms with van der Waals surface area (Å²) in [5.41, 5.74) is 1.15. The van der Waals surface area contributed by atoms with Gasteiger partial charge in [-0.15, -0.1) is 0 Å². The normalized spacial score (nSPS) is 10.5. The zero-order valence-corrected chi connectivity index (χ0v) is 17.8. The SMILES string of the molecule is O=C(NCCN(C(=O)c1ccc(Cl)cc1Cl)c1ccc(F)cc1)c1ccc(Cl)cc1. The van der Waals surface area contributed by atoms with Crippen LogP contribution in [0.2, 0.25) is 15.1 Å². The Morgan fingerprint density at radius 1 is 0.867 bits per heavy atom. The number of hydrogen-bond acceptors (Lipinski definition) is 2. The first-order valence-corrected chi connectivity index (χ1v) is 10.0. The second-order valence-corrected chi connectivity index (χ2v) is 7.60. The third kappa shape index (κ3) is 5.51. The smallest absolute Gasteiger partial charge is 0.259 e. The van der Waals surface area contributed by atoms with Gasteiger partial charge in [0.05, 0.1) is 10.6 Å². The van der Waals surface area contributed by atoms with Gasteiger partial charge in [0, 0.05) is 34.4 Å². The first-order chi connectivity index (χ1) is 14.3. The maximum atomic E-state index is 13.4. The highest BCUT2D eigenvalue weighted by Gasteiger charge is 2.20. The van der Waals surface area contributed by atoms with Crippen LogP contribution in [-0.4, -0.2) is 24.9 Å². The van der Waals surface area contributed by atoms with Gasteiger partial charge in [0.25, 0.3) is 11.8 Å². The standard InChI is InChI=1S/C22H16Cl3FN2O2/c23-15-3-1-14(2-4-15)21(29)27-11-12-28(18-8-6-17(26)7-9-18)22(30)19-10-5-16(24)13-20(19)25/h1-10,13H,11-12H2,(H,27,29). The minimum absolute atomic E-state index is 0.142. The van der Waals surface area contributed by atoms with E-state index in [2.05, 4.69) is 5.32 Å². The quantitative estimate of drug-likeness (QED) is 0.495. The molecule has 0 heterocycles. The summed E-state index contributed by atoms with van der Waals surface area (Å²) >= 11 is 17.9. The molecule has 0 bridgehead atoms. The Bertz CT molecular complexity index is 1060. The largest absolute Gasteiger partial charge is 0.350 e. The van der Waals surface area contributed by atoms with Crippen LogP contribution in [0, 0.1) is 5.82 Å². The van der Waals surface area contributed by atoms with Crippen LogP contribution in [0.4, 0.5) is 10.1 Å². The summed E-state index contributed by atoms with van der Waals surface area (Å²) in [6.45, 7) is 0.304. The number of nitrogens with zero attached hydrogens (tertiary/aromatic N) is 1. The number of halogens is 4. The Kier molecular flexibility index (Phi) is 7.32. The van der Waals surface area contributed by atoms with Crippen LogP contribution >= 0.6 is 34.8 Å². The summed E-state index contributed by atoms with van der Waals surface area (Å²) in [5, 5.41) is 3.89. The zero-order chi connectivity index (χ0) is 21.7. The topological polar surface area (TPSA) is 49.4 Å². The molecule has 3 aromatic carbocycles. The molecule has 0 aliphatic heterocycles. The van der Waals surface area contributed by atoms with E-state index in [-0.39, 0.29) is 29.6 Å². The van der Waals surface area contributed by atoms with E-state index in [0.29, 0.717) is 21.3 Å². The van der Waals surface area contributed by atoms with E-state index >= 15 is 0 Å². The third-order valence-electron chi connectivity index (χ3n) is 4.27. The molecule has 0 radical (unpaired) electrons. The molecule has 0 saturated carbocycles. The van der Waals surface area contributed by atoms with Gasteiger partial charge in [-0.3, -0.25) is 9.59 Å². The van der Waals surface area contributed by atoms with Crippen molar-refractivity contribution in [3.8, 4) is 0 Å². The number of amides is 2. The van der Waals surface area contributed by atoms with E-state index in [1.807, 2.05) is 0 Å². The lowest BCUT2D eigenvalue weighted by molar-refractivity contribution is 0.0943. The van der Waals surface area contributed by atoms with Crippen LogP contribution in [0.25, 0.3) is 0 Å². The molecule has 0 saturated heterocycles. The Morgan fingerprint density at radius 2 is 1.50 bits per heavy atom. The molecule has 2 amide bonds. The fourth-order valence-corrected chi connectivity index (χ4v) is 3.38. The molecule has 0 fully saturated rings. The average Bonchev–Trinajstić information content (AvgIpc) is 2.72. The van der Waals surface area contributed by atoms with Gasteiger partial charge in [-0.1, -0.05) is 34.8 Å². The Hall–Kier alpha value is -2.60. The van der Waals surface area contributed by atoms with Gasteiger partial charge < -0.3 is 10.2 Å². The molecule has 1 N–H and O–H groups in total. The minimum Gasteiger partial charge on any atom is -0.350 e. The molecule has 0 aromatic heterocycles. The Morgan fingerprint density at radius 3 is 2.13 bits per heavy atom. The number of carbonyl (C=O) groups excluding carboxylic acids is 2. The highest BCUT2D eigenvalue weighted by molar-refractivity contribution is 6.37. The average molecular weight is 466 g/mol. The molecule has 30 heavy (non-hydrogen) atoms. The predicted octanol–water partition coefficient (Wildman–Crippen LogP) is 5.86. The van der Waals surface area contributed by atoms with Crippen LogP contribution in [0.3, 0.4) is 0 Å². The van der Waals surface area contributed by atoms with Crippen LogP contribution in [0.15, 0.2) is 66.7 Å². The number of benzene rings is 3. The molecule has 0 atom stereocenters. The highest BCUT2D eigenvalue weighted by Crippen LogP contribution is 2.25. The van der Waals surface area contributed by atoms with E-state index in [9.17, 15) is 14.0 Å². The van der Waals surface area contributed by atoms with Crippen LogP contribution in [0.1, 0.15) is 20.7 Å². The lowest BCUT2D eigenvalue weighted by atomic mass is 10.1. The van der Waals surface area contributed by atoms with Crippen LogP contribution < -0.4 is 10.2 Å². The van der Waals surface area contributed by atoms with E-state index in [1.165, 1.54) is 41.3 Å². The second kappa shape index (κ2) is 9.94. The maximum absolute atomic E-state index is 13.4. The molecule has 0 spiro atoms. The van der Waals surface area contributed by atoms with Crippen molar-refractivity contribution in [1.82, 2.24) is 5.32 Å². The predicted molar refractivity (Wildman–Crippen MR) is 118 cm³/mol. The molecular formula is C22H16Cl3FN2O2. The molecule has 3 aromatic rings. The summed E-state index contributed by atoms with van der Waals surface area (Å²) in [6, 6.07) is 16.5. The molecule has 3 rings (SSSR count). The van der Waals surface area contributed by atoms with Crippen LogP contribution in [0.5, 0.6) is 0 Å². The molecule has 0 aliphatic rings. The molecule has 0 unspecified atom stereocenters. The Labute approximate surface area is 188 Å². The highest BCUT2D eigenvalue weighted by atomic mass is 35.5. The summed E-state index contributed by atoms with van der Waals surface area (Å²) in [7, 11) is 0.